The molecule has 7 heteroatoms. The quantitative estimate of drug-likeness (QED) is 0.858. The number of carbonyl (C=O) groups excluding carboxylic acids is 1. The lowest BCUT2D eigenvalue weighted by molar-refractivity contribution is -0.137. The molecular formula is C13H10F3NO2S. The molecule has 3 nitrogen and oxygen atoms in total. The number of carbonyl (C=O) groups is 1. The Balaban J connectivity index is 2.45. The second kappa shape index (κ2) is 5.16. The van der Waals surface area contributed by atoms with E-state index in [0.29, 0.717) is 11.1 Å². The first-order valence-corrected chi connectivity index (χ1v) is 6.35. The van der Waals surface area contributed by atoms with E-state index in [1.54, 1.807) is 5.38 Å². The highest BCUT2D eigenvalue weighted by Crippen LogP contribution is 2.36. The Morgan fingerprint density at radius 2 is 1.85 bits per heavy atom. The Kier molecular flexibility index (Phi) is 3.71. The van der Waals surface area contributed by atoms with Crippen molar-refractivity contribution in [1.29, 1.82) is 0 Å². The van der Waals surface area contributed by atoms with E-state index in [1.807, 2.05) is 0 Å². The highest BCUT2D eigenvalue weighted by molar-refractivity contribution is 7.14. The van der Waals surface area contributed by atoms with Crippen molar-refractivity contribution in [2.45, 2.75) is 6.18 Å². The molecule has 0 radical (unpaired) electrons. The number of hydrogen-bond donors (Lipinski definition) is 1. The van der Waals surface area contributed by atoms with Crippen LogP contribution < -0.4 is 5.73 Å². The summed E-state index contributed by atoms with van der Waals surface area (Å²) in [6.45, 7) is 0. The molecule has 0 bridgehead atoms. The predicted octanol–water partition coefficient (Wildman–Crippen LogP) is 3.80. The minimum Gasteiger partial charge on any atom is -0.465 e. The Morgan fingerprint density at radius 3 is 2.35 bits per heavy atom. The second-order valence-electron chi connectivity index (χ2n) is 3.96. The van der Waals surface area contributed by atoms with Crippen LogP contribution in [0.15, 0.2) is 29.6 Å². The summed E-state index contributed by atoms with van der Waals surface area (Å²) in [4.78, 5) is 11.6. The van der Waals surface area contributed by atoms with E-state index in [1.165, 1.54) is 19.2 Å². The molecule has 0 aliphatic heterocycles. The fraction of sp³-hybridized carbons (Fsp3) is 0.154. The smallest absolute Gasteiger partial charge is 0.416 e. The van der Waals surface area contributed by atoms with Crippen LogP contribution in [0.3, 0.4) is 0 Å². The number of hydrogen-bond acceptors (Lipinski definition) is 4. The molecule has 0 spiro atoms. The summed E-state index contributed by atoms with van der Waals surface area (Å²) in [5.74, 6) is -0.612. The molecule has 0 aliphatic carbocycles. The number of anilines is 1. The van der Waals surface area contributed by atoms with Crippen LogP contribution in [0.2, 0.25) is 0 Å². The zero-order chi connectivity index (χ0) is 14.9. The van der Waals surface area contributed by atoms with Gasteiger partial charge in [0.1, 0.15) is 10.6 Å². The van der Waals surface area contributed by atoms with E-state index in [2.05, 4.69) is 4.74 Å². The van der Waals surface area contributed by atoms with Crippen molar-refractivity contribution in [1.82, 2.24) is 0 Å². The summed E-state index contributed by atoms with van der Waals surface area (Å²) in [5, 5.41) is 1.89. The van der Waals surface area contributed by atoms with Crippen molar-refractivity contribution in [3.63, 3.8) is 0 Å². The van der Waals surface area contributed by atoms with Gasteiger partial charge in [-0.3, -0.25) is 0 Å². The Labute approximate surface area is 116 Å². The van der Waals surface area contributed by atoms with Gasteiger partial charge >= 0.3 is 12.1 Å². The zero-order valence-corrected chi connectivity index (χ0v) is 11.1. The molecule has 2 N–H and O–H groups in total. The van der Waals surface area contributed by atoms with Gasteiger partial charge < -0.3 is 10.5 Å². The van der Waals surface area contributed by atoms with Gasteiger partial charge in [-0.05, 0) is 17.7 Å². The number of ether oxygens (including phenoxy) is 1. The first kappa shape index (κ1) is 14.4. The molecule has 0 amide bonds. The fourth-order valence-electron chi connectivity index (χ4n) is 1.74. The van der Waals surface area contributed by atoms with Crippen molar-refractivity contribution >= 4 is 22.3 Å². The second-order valence-corrected chi connectivity index (χ2v) is 4.87. The number of halogens is 3. The van der Waals surface area contributed by atoms with Gasteiger partial charge in [0.25, 0.3) is 0 Å². The van der Waals surface area contributed by atoms with Gasteiger partial charge in [0.2, 0.25) is 0 Å². The molecule has 106 valence electrons. The monoisotopic (exact) mass is 301 g/mol. The highest BCUT2D eigenvalue weighted by atomic mass is 32.1. The molecular weight excluding hydrogens is 291 g/mol. The van der Waals surface area contributed by atoms with E-state index in [4.69, 9.17) is 5.73 Å². The molecule has 1 aromatic heterocycles. The van der Waals surface area contributed by atoms with Crippen molar-refractivity contribution in [2.24, 2.45) is 0 Å². The van der Waals surface area contributed by atoms with Crippen LogP contribution in [0.25, 0.3) is 11.1 Å². The van der Waals surface area contributed by atoms with Gasteiger partial charge in [-0.25, -0.2) is 4.79 Å². The number of benzene rings is 1. The summed E-state index contributed by atoms with van der Waals surface area (Å²) >= 11 is 1.13. The minimum atomic E-state index is -4.39. The van der Waals surface area contributed by atoms with Crippen LogP contribution in [0.1, 0.15) is 15.9 Å². The lowest BCUT2D eigenvalue weighted by Gasteiger charge is -2.08. The third kappa shape index (κ3) is 2.62. The lowest BCUT2D eigenvalue weighted by atomic mass is 10.0. The molecule has 0 unspecified atom stereocenters. The SMILES string of the molecule is COC(=O)c1c(-c2ccc(C(F)(F)F)cc2)csc1N. The van der Waals surface area contributed by atoms with E-state index in [0.717, 1.165) is 23.5 Å². The van der Waals surface area contributed by atoms with E-state index in [-0.39, 0.29) is 10.6 Å². The number of nitrogen functional groups attached to an aromatic ring is 1. The van der Waals surface area contributed by atoms with Crippen LogP contribution in [-0.4, -0.2) is 13.1 Å². The Hall–Kier alpha value is -2.02. The normalized spacial score (nSPS) is 11.4. The number of rotatable bonds is 2. The standard InChI is InChI=1S/C13H10F3NO2S/c1-19-12(18)10-9(6-20-11(10)17)7-2-4-8(5-3-7)13(14,15)16/h2-6H,17H2,1H3. The topological polar surface area (TPSA) is 52.3 Å². The summed E-state index contributed by atoms with van der Waals surface area (Å²) in [5.41, 5.74) is 6.07. The van der Waals surface area contributed by atoms with Crippen LogP contribution in [0.5, 0.6) is 0 Å². The first-order chi connectivity index (χ1) is 9.34. The molecule has 2 aromatic rings. The largest absolute Gasteiger partial charge is 0.465 e. The molecule has 0 saturated carbocycles. The molecule has 0 saturated heterocycles. The number of thiophene rings is 1. The first-order valence-electron chi connectivity index (χ1n) is 5.47. The van der Waals surface area contributed by atoms with Crippen molar-refractivity contribution < 1.29 is 22.7 Å². The van der Waals surface area contributed by atoms with Gasteiger partial charge in [-0.2, -0.15) is 13.2 Å². The molecule has 20 heavy (non-hydrogen) atoms. The molecule has 0 aliphatic rings. The van der Waals surface area contributed by atoms with Crippen LogP contribution >= 0.6 is 11.3 Å². The number of esters is 1. The third-order valence-electron chi connectivity index (χ3n) is 2.73. The van der Waals surface area contributed by atoms with Crippen molar-refractivity contribution in [3.8, 4) is 11.1 Å². The predicted molar refractivity (Wildman–Crippen MR) is 70.5 cm³/mol. The fourth-order valence-corrected chi connectivity index (χ4v) is 2.55. The van der Waals surface area contributed by atoms with Gasteiger partial charge in [-0.1, -0.05) is 12.1 Å². The van der Waals surface area contributed by atoms with Gasteiger partial charge in [0, 0.05) is 10.9 Å². The zero-order valence-electron chi connectivity index (χ0n) is 10.3. The Morgan fingerprint density at radius 1 is 1.25 bits per heavy atom. The van der Waals surface area contributed by atoms with Crippen molar-refractivity contribution in [3.05, 3.63) is 40.8 Å². The van der Waals surface area contributed by atoms with Gasteiger partial charge in [0.05, 0.1) is 12.7 Å². The van der Waals surface area contributed by atoms with Crippen LogP contribution in [0, 0.1) is 0 Å². The van der Waals surface area contributed by atoms with Crippen molar-refractivity contribution in [2.75, 3.05) is 12.8 Å². The average molecular weight is 301 g/mol. The summed E-state index contributed by atoms with van der Waals surface area (Å²) in [7, 11) is 1.22. The van der Waals surface area contributed by atoms with Gasteiger partial charge in [0.15, 0.2) is 0 Å². The maximum Gasteiger partial charge on any atom is 0.416 e. The van der Waals surface area contributed by atoms with E-state index in [9.17, 15) is 18.0 Å². The lowest BCUT2D eigenvalue weighted by Crippen LogP contribution is -2.05. The molecule has 0 fully saturated rings. The number of nitrogens with two attached hydrogens (primary N) is 1. The Bertz CT molecular complexity index is 632. The number of alkyl halides is 3. The number of methoxy groups -OCH3 is 1. The van der Waals surface area contributed by atoms with Gasteiger partial charge in [-0.15, -0.1) is 11.3 Å². The molecule has 2 rings (SSSR count). The summed E-state index contributed by atoms with van der Waals surface area (Å²) in [6.07, 6.45) is -4.39. The maximum atomic E-state index is 12.5. The van der Waals surface area contributed by atoms with E-state index < -0.39 is 17.7 Å². The maximum absolute atomic E-state index is 12.5. The van der Waals surface area contributed by atoms with Crippen LogP contribution in [-0.2, 0) is 10.9 Å². The van der Waals surface area contributed by atoms with Crippen LogP contribution in [0.4, 0.5) is 18.2 Å². The summed E-state index contributed by atoms with van der Waals surface area (Å²) in [6, 6.07) is 4.53. The molecule has 1 heterocycles. The van der Waals surface area contributed by atoms with E-state index >= 15 is 0 Å². The highest BCUT2D eigenvalue weighted by Gasteiger charge is 2.30. The third-order valence-corrected chi connectivity index (χ3v) is 3.54. The molecule has 0 atom stereocenters. The molecule has 1 aromatic carbocycles. The summed E-state index contributed by atoms with van der Waals surface area (Å²) < 4.78 is 42.1. The minimum absolute atomic E-state index is 0.178. The average Bonchev–Trinajstić information content (AvgIpc) is 2.79.